The number of hydrogen-bond acceptors (Lipinski definition) is 1. The number of ether oxygens (including phenoxy) is 1. The van der Waals surface area contributed by atoms with Crippen LogP contribution in [0.25, 0.3) is 0 Å². The number of alkyl halides is 1. The van der Waals surface area contributed by atoms with Crippen molar-refractivity contribution in [2.45, 2.75) is 57.9 Å². The van der Waals surface area contributed by atoms with E-state index in [0.29, 0.717) is 17.9 Å². The minimum Gasteiger partial charge on any atom is -0.490 e. The lowest BCUT2D eigenvalue weighted by molar-refractivity contribution is 0.0896. The second kappa shape index (κ2) is 6.47. The first kappa shape index (κ1) is 13.7. The van der Waals surface area contributed by atoms with Gasteiger partial charge in [0.05, 0.1) is 5.88 Å². The molecular formula is C16H23ClO. The summed E-state index contributed by atoms with van der Waals surface area (Å²) in [5, 5.41) is 0. The SMILES string of the molecule is CCC1CCCCC1Oc1ccc(C)cc1CCl. The zero-order valence-electron chi connectivity index (χ0n) is 11.4. The van der Waals surface area contributed by atoms with Crippen molar-refractivity contribution in [2.24, 2.45) is 5.92 Å². The highest BCUT2D eigenvalue weighted by molar-refractivity contribution is 6.17. The molecule has 0 amide bonds. The van der Waals surface area contributed by atoms with Gasteiger partial charge in [0.2, 0.25) is 0 Å². The van der Waals surface area contributed by atoms with Crippen LogP contribution in [0, 0.1) is 12.8 Å². The third kappa shape index (κ3) is 3.20. The third-order valence-electron chi connectivity index (χ3n) is 4.00. The molecule has 0 N–H and O–H groups in total. The van der Waals surface area contributed by atoms with Crippen LogP contribution < -0.4 is 4.74 Å². The molecule has 1 aliphatic rings. The van der Waals surface area contributed by atoms with Crippen molar-refractivity contribution in [1.82, 2.24) is 0 Å². The van der Waals surface area contributed by atoms with Crippen molar-refractivity contribution in [1.29, 1.82) is 0 Å². The van der Waals surface area contributed by atoms with E-state index < -0.39 is 0 Å². The number of hydrogen-bond donors (Lipinski definition) is 0. The lowest BCUT2D eigenvalue weighted by Gasteiger charge is -2.31. The predicted molar refractivity (Wildman–Crippen MR) is 77.4 cm³/mol. The van der Waals surface area contributed by atoms with Crippen LogP contribution in [0.15, 0.2) is 18.2 Å². The summed E-state index contributed by atoms with van der Waals surface area (Å²) in [7, 11) is 0. The van der Waals surface area contributed by atoms with Crippen LogP contribution >= 0.6 is 11.6 Å². The van der Waals surface area contributed by atoms with E-state index in [0.717, 1.165) is 11.3 Å². The van der Waals surface area contributed by atoms with E-state index >= 15 is 0 Å². The fraction of sp³-hybridized carbons (Fsp3) is 0.625. The van der Waals surface area contributed by atoms with Gasteiger partial charge in [-0.2, -0.15) is 0 Å². The summed E-state index contributed by atoms with van der Waals surface area (Å²) >= 11 is 6.01. The number of benzene rings is 1. The Balaban J connectivity index is 2.12. The monoisotopic (exact) mass is 266 g/mol. The van der Waals surface area contributed by atoms with Crippen LogP contribution in [0.3, 0.4) is 0 Å². The van der Waals surface area contributed by atoms with Crippen LogP contribution in [0.2, 0.25) is 0 Å². The van der Waals surface area contributed by atoms with E-state index in [9.17, 15) is 0 Å². The molecule has 0 radical (unpaired) electrons. The number of halogens is 1. The molecule has 0 aliphatic heterocycles. The van der Waals surface area contributed by atoms with Gasteiger partial charge in [-0.05, 0) is 44.6 Å². The van der Waals surface area contributed by atoms with Crippen LogP contribution in [-0.4, -0.2) is 6.10 Å². The van der Waals surface area contributed by atoms with Gasteiger partial charge in [-0.25, -0.2) is 0 Å². The molecule has 100 valence electrons. The maximum absolute atomic E-state index is 6.25. The molecule has 0 saturated heterocycles. The lowest BCUT2D eigenvalue weighted by atomic mass is 9.84. The van der Waals surface area contributed by atoms with E-state index in [1.54, 1.807) is 0 Å². The number of aryl methyl sites for hydroxylation is 1. The van der Waals surface area contributed by atoms with Crippen LogP contribution in [-0.2, 0) is 5.88 Å². The van der Waals surface area contributed by atoms with Crippen molar-refractivity contribution < 1.29 is 4.74 Å². The van der Waals surface area contributed by atoms with Crippen LogP contribution in [0.4, 0.5) is 0 Å². The van der Waals surface area contributed by atoms with E-state index in [2.05, 4.69) is 32.0 Å². The largest absolute Gasteiger partial charge is 0.490 e. The summed E-state index contributed by atoms with van der Waals surface area (Å²) in [5.41, 5.74) is 2.37. The minimum atomic E-state index is 0.383. The molecule has 0 heterocycles. The summed E-state index contributed by atoms with van der Waals surface area (Å²) in [6.07, 6.45) is 6.75. The summed E-state index contributed by atoms with van der Waals surface area (Å²) in [6.45, 7) is 4.36. The Morgan fingerprint density at radius 3 is 2.78 bits per heavy atom. The Labute approximate surface area is 115 Å². The van der Waals surface area contributed by atoms with E-state index in [1.807, 2.05) is 0 Å². The fourth-order valence-corrected chi connectivity index (χ4v) is 3.10. The highest BCUT2D eigenvalue weighted by atomic mass is 35.5. The lowest BCUT2D eigenvalue weighted by Crippen LogP contribution is -2.30. The summed E-state index contributed by atoms with van der Waals surface area (Å²) < 4.78 is 6.25. The highest BCUT2D eigenvalue weighted by Crippen LogP contribution is 2.32. The zero-order valence-corrected chi connectivity index (χ0v) is 12.2. The molecule has 1 saturated carbocycles. The molecule has 0 bridgehead atoms. The van der Waals surface area contributed by atoms with Crippen molar-refractivity contribution in [2.75, 3.05) is 0 Å². The van der Waals surface area contributed by atoms with Gasteiger partial charge >= 0.3 is 0 Å². The van der Waals surface area contributed by atoms with E-state index in [-0.39, 0.29) is 0 Å². The maximum atomic E-state index is 6.25. The molecule has 1 aromatic carbocycles. The van der Waals surface area contributed by atoms with Gasteiger partial charge in [0.15, 0.2) is 0 Å². The molecule has 1 nitrogen and oxygen atoms in total. The van der Waals surface area contributed by atoms with Gasteiger partial charge in [-0.1, -0.05) is 31.0 Å². The minimum absolute atomic E-state index is 0.383. The highest BCUT2D eigenvalue weighted by Gasteiger charge is 2.25. The average molecular weight is 267 g/mol. The quantitative estimate of drug-likeness (QED) is 0.691. The molecule has 0 aromatic heterocycles. The van der Waals surface area contributed by atoms with Gasteiger partial charge in [0.1, 0.15) is 11.9 Å². The first-order valence-corrected chi connectivity index (χ1v) is 7.60. The Morgan fingerprint density at radius 2 is 2.06 bits per heavy atom. The van der Waals surface area contributed by atoms with E-state index in [4.69, 9.17) is 16.3 Å². The molecule has 1 fully saturated rings. The number of rotatable bonds is 4. The maximum Gasteiger partial charge on any atom is 0.124 e. The molecule has 2 atom stereocenters. The average Bonchev–Trinajstić information content (AvgIpc) is 2.41. The van der Waals surface area contributed by atoms with Crippen molar-refractivity contribution in [3.8, 4) is 5.75 Å². The van der Waals surface area contributed by atoms with Gasteiger partial charge < -0.3 is 4.74 Å². The molecule has 2 rings (SSSR count). The van der Waals surface area contributed by atoms with Crippen LogP contribution in [0.1, 0.15) is 50.2 Å². The Hall–Kier alpha value is -0.690. The van der Waals surface area contributed by atoms with Crippen LogP contribution in [0.5, 0.6) is 5.75 Å². The Bertz CT molecular complexity index is 389. The first-order valence-electron chi connectivity index (χ1n) is 7.06. The molecule has 18 heavy (non-hydrogen) atoms. The molecule has 2 unspecified atom stereocenters. The second-order valence-electron chi connectivity index (χ2n) is 5.35. The standard InChI is InChI=1S/C16H23ClO/c1-3-13-6-4-5-7-15(13)18-16-9-8-12(2)10-14(16)11-17/h8-10,13,15H,3-7,11H2,1-2H3. The summed E-state index contributed by atoms with van der Waals surface area (Å²) in [6, 6.07) is 6.32. The van der Waals surface area contributed by atoms with Crippen molar-refractivity contribution in [3.05, 3.63) is 29.3 Å². The van der Waals surface area contributed by atoms with Gasteiger partial charge in [0, 0.05) is 5.56 Å². The topological polar surface area (TPSA) is 9.23 Å². The molecular weight excluding hydrogens is 244 g/mol. The predicted octanol–water partition coefficient (Wildman–Crippen LogP) is 5.08. The normalized spacial score (nSPS) is 23.9. The molecule has 1 aromatic rings. The zero-order chi connectivity index (χ0) is 13.0. The Morgan fingerprint density at radius 1 is 1.28 bits per heavy atom. The second-order valence-corrected chi connectivity index (χ2v) is 5.62. The fourth-order valence-electron chi connectivity index (χ4n) is 2.89. The molecule has 1 aliphatic carbocycles. The summed E-state index contributed by atoms with van der Waals surface area (Å²) in [5.74, 6) is 2.23. The summed E-state index contributed by atoms with van der Waals surface area (Å²) in [4.78, 5) is 0. The smallest absolute Gasteiger partial charge is 0.124 e. The van der Waals surface area contributed by atoms with Gasteiger partial charge in [-0.3, -0.25) is 0 Å². The third-order valence-corrected chi connectivity index (χ3v) is 4.29. The molecule has 2 heteroatoms. The Kier molecular flexibility index (Phi) is 4.94. The van der Waals surface area contributed by atoms with Gasteiger partial charge in [-0.15, -0.1) is 11.6 Å². The van der Waals surface area contributed by atoms with Crippen molar-refractivity contribution in [3.63, 3.8) is 0 Å². The van der Waals surface area contributed by atoms with E-state index in [1.165, 1.54) is 37.7 Å². The van der Waals surface area contributed by atoms with Gasteiger partial charge in [0.25, 0.3) is 0 Å². The van der Waals surface area contributed by atoms with Crippen molar-refractivity contribution >= 4 is 11.6 Å². The molecule has 0 spiro atoms. The first-order chi connectivity index (χ1) is 8.74.